The van der Waals surface area contributed by atoms with Crippen LogP contribution in [0.3, 0.4) is 0 Å². The van der Waals surface area contributed by atoms with E-state index in [4.69, 9.17) is 56.8 Å². The highest BCUT2D eigenvalue weighted by atomic mass is 33.1. The molecule has 0 fully saturated rings. The lowest BCUT2D eigenvalue weighted by Crippen LogP contribution is -2.19. The van der Waals surface area contributed by atoms with E-state index in [-0.39, 0.29) is 89.2 Å². The fourth-order valence-corrected chi connectivity index (χ4v) is 10.3. The van der Waals surface area contributed by atoms with Gasteiger partial charge >= 0.3 is 23.9 Å². The molecule has 0 saturated heterocycles. The molecule has 0 amide bonds. The Bertz CT molecular complexity index is 2220. The van der Waals surface area contributed by atoms with Crippen molar-refractivity contribution in [3.63, 3.8) is 0 Å². The summed E-state index contributed by atoms with van der Waals surface area (Å²) in [4.78, 5) is 46.7. The van der Waals surface area contributed by atoms with Crippen LogP contribution < -0.4 is 18.9 Å². The molecule has 4 aromatic carbocycles. The van der Waals surface area contributed by atoms with E-state index in [2.05, 4.69) is 40.9 Å². The summed E-state index contributed by atoms with van der Waals surface area (Å²) in [5, 5.41) is 0. The van der Waals surface area contributed by atoms with Crippen molar-refractivity contribution in [2.75, 3.05) is 127 Å². The van der Waals surface area contributed by atoms with Crippen molar-refractivity contribution in [3.8, 4) is 23.0 Å². The number of carbonyl (C=O) groups excluding carboxylic acids is 4. The van der Waals surface area contributed by atoms with Crippen LogP contribution in [0.2, 0.25) is 0 Å². The van der Waals surface area contributed by atoms with Crippen molar-refractivity contribution in [2.24, 2.45) is 0 Å². The molecular formula is C60H78O16S4. The normalized spacial score (nSPS) is 11.3. The number of esters is 4. The molecule has 4 aromatic rings. The number of carbonyl (C=O) groups is 4. The Morgan fingerprint density at radius 3 is 0.938 bits per heavy atom. The molecule has 0 bridgehead atoms. The largest absolute Gasteiger partial charge is 0.490 e. The summed E-state index contributed by atoms with van der Waals surface area (Å²) in [7, 11) is 3.43. The van der Waals surface area contributed by atoms with Crippen LogP contribution >= 0.6 is 45.1 Å². The van der Waals surface area contributed by atoms with Crippen molar-refractivity contribution < 1.29 is 76.0 Å². The molecule has 0 saturated carbocycles. The molecule has 0 aliphatic carbocycles. The first-order valence-electron chi connectivity index (χ1n) is 26.4. The second-order valence-corrected chi connectivity index (χ2v) is 23.3. The van der Waals surface area contributed by atoms with Crippen molar-refractivity contribution in [2.45, 2.75) is 51.4 Å². The van der Waals surface area contributed by atoms with Crippen LogP contribution in [0.25, 0.3) is 0 Å². The molecule has 0 aliphatic heterocycles. The third kappa shape index (κ3) is 27.9. The minimum absolute atomic E-state index is 0.152. The van der Waals surface area contributed by atoms with Gasteiger partial charge in [0.25, 0.3) is 0 Å². The first kappa shape index (κ1) is 67.2. The van der Waals surface area contributed by atoms with Gasteiger partial charge in [-0.1, -0.05) is 111 Å². The summed E-state index contributed by atoms with van der Waals surface area (Å²) >= 11 is 3.25. The van der Waals surface area contributed by atoms with Crippen LogP contribution in [0, 0.1) is 0 Å². The first-order chi connectivity index (χ1) is 38.8. The van der Waals surface area contributed by atoms with E-state index < -0.39 is 11.9 Å². The zero-order valence-corrected chi connectivity index (χ0v) is 49.8. The summed E-state index contributed by atoms with van der Waals surface area (Å²) in [5.41, 5.74) is 3.92. The van der Waals surface area contributed by atoms with Crippen molar-refractivity contribution in [1.29, 1.82) is 0 Å². The summed E-state index contributed by atoms with van der Waals surface area (Å²) in [6.45, 7) is 19.7. The third-order valence-corrected chi connectivity index (χ3v) is 16.0. The summed E-state index contributed by atoms with van der Waals surface area (Å²) < 4.78 is 65.7. The summed E-state index contributed by atoms with van der Waals surface area (Å²) in [6.07, 6.45) is 2.87. The maximum absolute atomic E-state index is 12.2. The van der Waals surface area contributed by atoms with Gasteiger partial charge in [-0.15, -0.1) is 0 Å². The van der Waals surface area contributed by atoms with E-state index in [9.17, 15) is 19.2 Å². The number of hydrogen-bond donors (Lipinski definition) is 0. The Hall–Kier alpha value is -5.32. The summed E-state index contributed by atoms with van der Waals surface area (Å²) in [5.74, 6) is 5.75. The third-order valence-electron chi connectivity index (χ3n) is 11.7. The number of rotatable bonds is 45. The first-order valence-corrected chi connectivity index (χ1v) is 31.2. The average Bonchev–Trinajstić information content (AvgIpc) is 3.53. The van der Waals surface area contributed by atoms with Crippen LogP contribution in [-0.2, 0) is 67.9 Å². The number of hydrogen-bond acceptors (Lipinski definition) is 20. The zero-order valence-electron chi connectivity index (χ0n) is 46.5. The molecule has 0 heterocycles. The maximum atomic E-state index is 12.2. The van der Waals surface area contributed by atoms with Gasteiger partial charge < -0.3 is 56.8 Å². The van der Waals surface area contributed by atoms with E-state index in [1.807, 2.05) is 97.1 Å². The Morgan fingerprint density at radius 2 is 0.650 bits per heavy atom. The van der Waals surface area contributed by atoms with E-state index in [1.54, 1.807) is 45.1 Å². The predicted octanol–water partition coefficient (Wildman–Crippen LogP) is 10.7. The van der Waals surface area contributed by atoms with Crippen LogP contribution in [0.5, 0.6) is 23.0 Å². The predicted molar refractivity (Wildman–Crippen MR) is 319 cm³/mol. The zero-order chi connectivity index (χ0) is 57.5. The van der Waals surface area contributed by atoms with E-state index in [0.717, 1.165) is 57.4 Å². The van der Waals surface area contributed by atoms with Gasteiger partial charge in [0.1, 0.15) is 89.4 Å². The fraction of sp³-hybridized carbons (Fsp3) is 0.467. The lowest BCUT2D eigenvalue weighted by atomic mass is 9.78. The Kier molecular flexibility index (Phi) is 33.6. The minimum atomic E-state index is -0.476. The van der Waals surface area contributed by atoms with Gasteiger partial charge in [0, 0.05) is 57.5 Å². The Balaban J connectivity index is 0.855. The number of ether oxygens (including phenoxy) is 12. The number of benzene rings is 4. The molecule has 0 N–H and O–H groups in total. The van der Waals surface area contributed by atoms with Gasteiger partial charge in [0.2, 0.25) is 0 Å². The van der Waals surface area contributed by atoms with Crippen LogP contribution in [0.1, 0.15) is 62.8 Å². The van der Waals surface area contributed by atoms with Crippen molar-refractivity contribution >= 4 is 69.0 Å². The fourth-order valence-electron chi connectivity index (χ4n) is 7.11. The molecule has 0 unspecified atom stereocenters. The topological polar surface area (TPSA) is 179 Å². The van der Waals surface area contributed by atoms with Gasteiger partial charge in [-0.3, -0.25) is 9.59 Å². The van der Waals surface area contributed by atoms with Crippen LogP contribution in [0.15, 0.2) is 122 Å². The molecule has 0 spiro atoms. The van der Waals surface area contributed by atoms with E-state index >= 15 is 0 Å². The lowest BCUT2D eigenvalue weighted by molar-refractivity contribution is -0.144. The number of thioether (sulfide) groups is 2. The van der Waals surface area contributed by atoms with Crippen molar-refractivity contribution in [3.05, 3.63) is 145 Å². The molecule has 4 rings (SSSR count). The maximum Gasteiger partial charge on any atom is 0.330 e. The highest BCUT2D eigenvalue weighted by Gasteiger charge is 2.24. The molecule has 438 valence electrons. The second-order valence-electron chi connectivity index (χ2n) is 18.2. The second kappa shape index (κ2) is 40.0. The van der Waals surface area contributed by atoms with Gasteiger partial charge in [0.15, 0.2) is 0 Å². The van der Waals surface area contributed by atoms with Crippen LogP contribution in [-0.4, -0.2) is 151 Å². The molecule has 0 aliphatic rings. The molecule has 20 heteroatoms. The molecule has 0 radical (unpaired) electrons. The monoisotopic (exact) mass is 1180 g/mol. The smallest absolute Gasteiger partial charge is 0.330 e. The SMILES string of the molecule is C=CC(=O)OCCOc1ccc(C(C)(C)c2ccc(OCCOC(=O)CCSCCOCOCCSSCCOCOCCSCCC(=O)OCCOc3ccc(C(C)(C)c4ccc(OCCOC(=O)C=C)cc4)cc3)cc2)cc1. The Labute approximate surface area is 488 Å². The molecule has 16 nitrogen and oxygen atoms in total. The van der Waals surface area contributed by atoms with Gasteiger partial charge in [-0.2, -0.15) is 23.5 Å². The lowest BCUT2D eigenvalue weighted by Gasteiger charge is -2.26. The highest BCUT2D eigenvalue weighted by molar-refractivity contribution is 8.76. The quantitative estimate of drug-likeness (QED) is 0.0102. The highest BCUT2D eigenvalue weighted by Crippen LogP contribution is 2.35. The van der Waals surface area contributed by atoms with E-state index in [1.165, 1.54) is 0 Å². The molecular weight excluding hydrogens is 1100 g/mol. The average molecular weight is 1180 g/mol. The van der Waals surface area contributed by atoms with Gasteiger partial charge in [-0.25, -0.2) is 9.59 Å². The minimum Gasteiger partial charge on any atom is -0.490 e. The van der Waals surface area contributed by atoms with Gasteiger partial charge in [0.05, 0.1) is 39.3 Å². The van der Waals surface area contributed by atoms with Crippen LogP contribution in [0.4, 0.5) is 0 Å². The van der Waals surface area contributed by atoms with Gasteiger partial charge in [-0.05, 0) is 70.8 Å². The Morgan fingerprint density at radius 1 is 0.375 bits per heavy atom. The molecule has 0 atom stereocenters. The molecule has 80 heavy (non-hydrogen) atoms. The summed E-state index contributed by atoms with van der Waals surface area (Å²) in [6, 6.07) is 31.5. The molecule has 0 aromatic heterocycles. The standard InChI is InChI=1S/C60H78O16S4/c1-7-55(61)73-31-27-69-51-17-9-47(10-18-51)59(3,4)49-13-21-53(22-14-49)71-29-33-75-57(63)25-39-77-41-35-65-45-67-37-43-79-80-44-38-68-46-66-36-42-78-40-26-58(64)76-34-30-72-54-23-15-50(16-24-54)60(5,6)48-11-19-52(20-12-48)70-28-32-74-56(62)8-2/h7-24H,1-2,25-46H2,3-6H3. The van der Waals surface area contributed by atoms with E-state index in [0.29, 0.717) is 73.8 Å². The van der Waals surface area contributed by atoms with Crippen molar-refractivity contribution in [1.82, 2.24) is 0 Å².